The molecule has 6 atom stereocenters. The van der Waals surface area contributed by atoms with E-state index in [9.17, 15) is 33.6 Å². The van der Waals surface area contributed by atoms with E-state index in [4.69, 9.17) is 86.9 Å². The predicted octanol–water partition coefficient (Wildman–Crippen LogP) is 12.2. The third-order valence-corrected chi connectivity index (χ3v) is 19.6. The molecule has 3 aromatic heterocycles. The van der Waals surface area contributed by atoms with Crippen LogP contribution in [-0.4, -0.2) is 161 Å². The minimum atomic E-state index is -1.10. The van der Waals surface area contributed by atoms with Crippen LogP contribution in [0.2, 0.25) is 30.1 Å². The maximum atomic E-state index is 13.5. The van der Waals surface area contributed by atoms with Crippen molar-refractivity contribution in [2.45, 2.75) is 97.4 Å². The van der Waals surface area contributed by atoms with Crippen molar-refractivity contribution in [3.8, 4) is 0 Å². The number of ketones is 2. The Labute approximate surface area is 579 Å². The van der Waals surface area contributed by atoms with E-state index >= 15 is 0 Å². The molecular formula is C70H72Cl6N12O7. The average molecular weight is 1410 g/mol. The maximum absolute atomic E-state index is 13.5. The van der Waals surface area contributed by atoms with Crippen molar-refractivity contribution in [1.82, 2.24) is 44.0 Å². The number of benzene rings is 6. The molecule has 19 nitrogen and oxygen atoms in total. The van der Waals surface area contributed by atoms with Gasteiger partial charge in [-0.05, 0) is 137 Å². The Bertz CT molecular complexity index is 4460. The van der Waals surface area contributed by atoms with Crippen molar-refractivity contribution < 1.29 is 33.6 Å². The van der Waals surface area contributed by atoms with E-state index in [0.717, 1.165) is 53.2 Å². The van der Waals surface area contributed by atoms with Gasteiger partial charge in [-0.25, -0.2) is 0 Å². The highest BCUT2D eigenvalue weighted by molar-refractivity contribution is 6.45. The highest BCUT2D eigenvalue weighted by Crippen LogP contribution is 2.34. The molecule has 0 saturated carbocycles. The third-order valence-electron chi connectivity index (χ3n) is 17.9. The molecule has 6 heterocycles. The van der Waals surface area contributed by atoms with Crippen LogP contribution in [0.25, 0.3) is 32.7 Å². The van der Waals surface area contributed by atoms with Crippen molar-refractivity contribution in [1.29, 1.82) is 0 Å². The lowest BCUT2D eigenvalue weighted by Crippen LogP contribution is -2.57. The molecule has 0 aliphatic carbocycles. The van der Waals surface area contributed by atoms with Gasteiger partial charge in [0.05, 0.1) is 48.4 Å². The van der Waals surface area contributed by atoms with E-state index in [1.165, 1.54) is 34.8 Å². The molecule has 8 N–H and O–H groups in total. The van der Waals surface area contributed by atoms with Crippen LogP contribution in [-0.2, 0) is 29.2 Å². The first-order chi connectivity index (χ1) is 45.1. The fourth-order valence-corrected chi connectivity index (χ4v) is 14.2. The number of nitrogens with two attached hydrogens (primary N) is 3. The van der Waals surface area contributed by atoms with E-state index in [2.05, 4.69) is 58.4 Å². The van der Waals surface area contributed by atoms with Crippen molar-refractivity contribution in [2.75, 3.05) is 45.1 Å². The van der Waals surface area contributed by atoms with Gasteiger partial charge >= 0.3 is 0 Å². The first-order valence-electron chi connectivity index (χ1n) is 30.9. The summed E-state index contributed by atoms with van der Waals surface area (Å²) in [5.74, 6) is 1.58. The summed E-state index contributed by atoms with van der Waals surface area (Å²) in [4.78, 5) is 106. The van der Waals surface area contributed by atoms with E-state index in [-0.39, 0.29) is 86.3 Å². The Kier molecular flexibility index (Phi) is 21.8. The molecule has 0 spiro atoms. The van der Waals surface area contributed by atoms with Gasteiger partial charge in [0.1, 0.15) is 0 Å². The number of hydrogen-bond donors (Lipinski definition) is 5. The van der Waals surface area contributed by atoms with Crippen LogP contribution >= 0.6 is 69.6 Å². The van der Waals surface area contributed by atoms with Crippen molar-refractivity contribution >= 4 is 143 Å². The fourth-order valence-electron chi connectivity index (χ4n) is 12.8. The van der Waals surface area contributed by atoms with Crippen LogP contribution in [0.15, 0.2) is 134 Å². The molecule has 0 unspecified atom stereocenters. The van der Waals surface area contributed by atoms with Crippen LogP contribution in [0.5, 0.6) is 0 Å². The van der Waals surface area contributed by atoms with Crippen LogP contribution < -0.4 is 17.3 Å². The molecule has 12 rings (SSSR count). The summed E-state index contributed by atoms with van der Waals surface area (Å²) in [6, 6.07) is 35.7. The number of aromatic nitrogens is 3. The number of halogens is 6. The number of nitrogens with one attached hydrogen (secondary N) is 2. The number of amides is 5. The molecule has 0 bridgehead atoms. The number of aromatic amines is 2. The molecule has 5 amide bonds. The van der Waals surface area contributed by atoms with Crippen LogP contribution in [0, 0.1) is 0 Å². The maximum Gasteiger partial charge on any atom is 0.289 e. The van der Waals surface area contributed by atoms with Crippen LogP contribution in [0.1, 0.15) is 110 Å². The number of carbonyl (C=O) groups is 7. The molecule has 25 heteroatoms. The Morgan fingerprint density at radius 3 is 1.24 bits per heavy atom. The highest BCUT2D eigenvalue weighted by atomic mass is 35.5. The van der Waals surface area contributed by atoms with Crippen LogP contribution in [0.4, 0.5) is 0 Å². The Balaban J connectivity index is 0.000000156. The van der Waals surface area contributed by atoms with Gasteiger partial charge in [0.2, 0.25) is 0 Å². The number of fused-ring (bicyclic) bond motifs is 3. The molecule has 496 valence electrons. The van der Waals surface area contributed by atoms with Gasteiger partial charge in [-0.2, -0.15) is 0 Å². The van der Waals surface area contributed by atoms with E-state index in [1.807, 2.05) is 110 Å². The number of piperazine rings is 3. The number of nitrogens with zero attached hydrogens (tertiary/aromatic N) is 7. The van der Waals surface area contributed by atoms with Gasteiger partial charge < -0.3 is 42.0 Å². The molecule has 6 aromatic carbocycles. The predicted molar refractivity (Wildman–Crippen MR) is 376 cm³/mol. The van der Waals surface area contributed by atoms with E-state index in [1.54, 1.807) is 21.9 Å². The lowest BCUT2D eigenvalue weighted by atomic mass is 10.0. The summed E-state index contributed by atoms with van der Waals surface area (Å²) >= 11 is 37.7. The molecule has 0 radical (unpaired) electrons. The minimum Gasteiger partial charge on any atom is -0.363 e. The molecule has 3 aliphatic rings. The summed E-state index contributed by atoms with van der Waals surface area (Å²) in [5.41, 5.74) is 16.9. The van der Waals surface area contributed by atoms with Crippen molar-refractivity contribution in [3.05, 3.63) is 208 Å². The smallest absolute Gasteiger partial charge is 0.289 e. The average Bonchev–Trinajstić information content (AvgIpc) is 1.65. The number of nitrogen functional groups attached to an aromatic ring is 1. The third kappa shape index (κ3) is 15.7. The summed E-state index contributed by atoms with van der Waals surface area (Å²) < 4.78 is 1.19. The summed E-state index contributed by atoms with van der Waals surface area (Å²) in [5, 5.41) is 4.89. The zero-order valence-electron chi connectivity index (χ0n) is 53.0. The Morgan fingerprint density at radius 2 is 0.821 bits per heavy atom. The normalized spacial score (nSPS) is 19.5. The first-order valence-corrected chi connectivity index (χ1v) is 33.1. The Morgan fingerprint density at radius 1 is 0.432 bits per heavy atom. The van der Waals surface area contributed by atoms with Crippen molar-refractivity contribution in [3.63, 3.8) is 0 Å². The standard InChI is InChI=1S/C24H25Cl2N5O3.C24H24Cl2N4O3.C22H23Cl2N3O/c1-13-10-30(14(2)9-29(13)11-15-4-3-5-16(25)6-15)24(34)18-7-17-19(22(32)23(27)33)12-31(28)21(17)8-20(18)26;1-13-11-30(14(2)10-29(13)12-15-4-3-5-16(25)6-15)24(33)18-7-17-19(22(31)23(27)32)9-28-21(17)8-20(18)26;1-14-12-27(15(2)11-26(14)13-16-4-3-5-18(23)8-16)22(28)19-9-17-6-7-25-21(17)10-20(19)24/h3-8,12-14H,9-11,28H2,1-2H3,(H2,27,33);3-9,13-14,28H,10-12H2,1-2H3,(H2,27,32);3-10,14-15,25H,11-13H2,1-2H3/t2*13-,14+;14-,15+/m000/s1. The van der Waals surface area contributed by atoms with Gasteiger partial charge in [-0.15, -0.1) is 0 Å². The van der Waals surface area contributed by atoms with Crippen LogP contribution in [0.3, 0.4) is 0 Å². The minimum absolute atomic E-state index is 0.00476. The molecule has 9 aromatic rings. The number of primary amides is 2. The lowest BCUT2D eigenvalue weighted by molar-refractivity contribution is -0.114. The molecule has 3 saturated heterocycles. The van der Waals surface area contributed by atoms with E-state index < -0.39 is 23.4 Å². The monoisotopic (exact) mass is 1400 g/mol. The van der Waals surface area contributed by atoms with E-state index in [0.29, 0.717) is 75.2 Å². The number of hydrogen-bond acceptors (Lipinski definition) is 11. The summed E-state index contributed by atoms with van der Waals surface area (Å²) in [6.45, 7) is 18.5. The summed E-state index contributed by atoms with van der Waals surface area (Å²) in [7, 11) is 0. The first kappa shape index (κ1) is 69.9. The van der Waals surface area contributed by atoms with Crippen molar-refractivity contribution in [2.24, 2.45) is 11.5 Å². The lowest BCUT2D eigenvalue weighted by Gasteiger charge is -2.44. The number of Topliss-reactive ketones (excluding diaryl/α,β-unsaturated/α-hetero) is 2. The van der Waals surface area contributed by atoms with Gasteiger partial charge in [0.15, 0.2) is 0 Å². The zero-order chi connectivity index (χ0) is 68.4. The molecular weight excluding hydrogens is 1330 g/mol. The molecule has 3 aliphatic heterocycles. The SMILES string of the molecule is C[C@@H]1CN(Cc2cccc(Cl)c2)[C@@H](C)CN1C(=O)c1cc2c(C(=O)C(N)=O)c[nH]c2cc1Cl.C[C@@H]1CN(Cc2cccc(Cl)c2)[C@@H](C)CN1C(=O)c1cc2c(C(=O)C(N)=O)cn(N)c2cc1Cl.C[C@@H]1CN(Cc2cccc(Cl)c2)[C@@H](C)CN1C(=O)c1cc2cc[nH]c2cc1Cl. The molecule has 95 heavy (non-hydrogen) atoms. The number of H-pyrrole nitrogens is 2. The highest BCUT2D eigenvalue weighted by Gasteiger charge is 2.37. The number of carbonyl (C=O) groups excluding carboxylic acids is 7. The zero-order valence-corrected chi connectivity index (χ0v) is 57.6. The largest absolute Gasteiger partial charge is 0.363 e. The fraction of sp³-hybridized carbons (Fsp3) is 0.300. The second kappa shape index (κ2) is 29.6. The second-order valence-electron chi connectivity index (χ2n) is 24.8. The Hall–Kier alpha value is -7.95. The molecule has 3 fully saturated rings. The van der Waals surface area contributed by atoms with Gasteiger partial charge in [-0.3, -0.25) is 52.9 Å². The quantitative estimate of drug-likeness (QED) is 0.0412. The summed E-state index contributed by atoms with van der Waals surface area (Å²) in [6.07, 6.45) is 4.57. The second-order valence-corrected chi connectivity index (χ2v) is 27.3. The van der Waals surface area contributed by atoms with Gasteiger partial charge in [0.25, 0.3) is 41.1 Å². The number of rotatable bonds is 13. The topological polar surface area (TPSA) is 254 Å². The van der Waals surface area contributed by atoms with Gasteiger partial charge in [-0.1, -0.05) is 106 Å². The van der Waals surface area contributed by atoms with Gasteiger partial charge in [0, 0.05) is 156 Å².